The predicted molar refractivity (Wildman–Crippen MR) is 86.4 cm³/mol. The summed E-state index contributed by atoms with van der Waals surface area (Å²) >= 11 is 3.50. The maximum atomic E-state index is 6.12. The summed E-state index contributed by atoms with van der Waals surface area (Å²) in [5.74, 6) is 1.51. The highest BCUT2D eigenvalue weighted by molar-refractivity contribution is 9.10. The number of hydrogen-bond donors (Lipinski definition) is 1. The van der Waals surface area contributed by atoms with Gasteiger partial charge in [-0.3, -0.25) is 0 Å². The van der Waals surface area contributed by atoms with E-state index in [0.717, 1.165) is 34.0 Å². The highest BCUT2D eigenvalue weighted by Gasteiger charge is 2.16. The topological polar surface area (TPSA) is 43.8 Å². The van der Waals surface area contributed by atoms with Gasteiger partial charge in [0.1, 0.15) is 5.82 Å². The normalized spacial score (nSPS) is 16.4. The third kappa shape index (κ3) is 3.06. The van der Waals surface area contributed by atoms with E-state index in [4.69, 9.17) is 5.73 Å². The summed E-state index contributed by atoms with van der Waals surface area (Å²) in [6, 6.07) is 10.2. The minimum Gasteiger partial charge on any atom is -0.384 e. The minimum absolute atomic E-state index is 0.737. The molecule has 0 unspecified atom stereocenters. The Morgan fingerprint density at radius 2 is 2.00 bits per heavy atom. The van der Waals surface area contributed by atoms with Crippen LogP contribution in [0.2, 0.25) is 0 Å². The number of aromatic nitrogens is 2. The molecule has 0 radical (unpaired) electrons. The molecule has 0 aliphatic heterocycles. The van der Waals surface area contributed by atoms with Crippen molar-refractivity contribution in [1.29, 1.82) is 0 Å². The quantitative estimate of drug-likeness (QED) is 0.900. The van der Waals surface area contributed by atoms with Crippen molar-refractivity contribution in [1.82, 2.24) is 9.78 Å². The van der Waals surface area contributed by atoms with Crippen LogP contribution >= 0.6 is 15.9 Å². The summed E-state index contributed by atoms with van der Waals surface area (Å²) in [6.07, 6.45) is 6.71. The van der Waals surface area contributed by atoms with Crippen molar-refractivity contribution in [2.24, 2.45) is 5.92 Å². The van der Waals surface area contributed by atoms with Gasteiger partial charge >= 0.3 is 0 Å². The second kappa shape index (κ2) is 6.00. The van der Waals surface area contributed by atoms with E-state index in [1.54, 1.807) is 0 Å². The van der Waals surface area contributed by atoms with Crippen LogP contribution in [0.1, 0.15) is 32.1 Å². The number of benzene rings is 1. The molecule has 1 aliphatic carbocycles. The summed E-state index contributed by atoms with van der Waals surface area (Å²) < 4.78 is 3.04. The molecule has 0 amide bonds. The number of hydrogen-bond acceptors (Lipinski definition) is 2. The fourth-order valence-corrected chi connectivity index (χ4v) is 3.38. The molecular weight excluding hydrogens is 314 g/mol. The second-order valence-electron chi connectivity index (χ2n) is 5.65. The van der Waals surface area contributed by atoms with E-state index in [0.29, 0.717) is 0 Å². The third-order valence-electron chi connectivity index (χ3n) is 4.09. The summed E-state index contributed by atoms with van der Waals surface area (Å²) in [6.45, 7) is 0.958. The van der Waals surface area contributed by atoms with Crippen molar-refractivity contribution in [3.63, 3.8) is 0 Å². The van der Waals surface area contributed by atoms with Gasteiger partial charge in [0.05, 0.1) is 5.69 Å². The number of halogens is 1. The van der Waals surface area contributed by atoms with Crippen LogP contribution in [0.15, 0.2) is 34.8 Å². The smallest absolute Gasteiger partial charge is 0.122 e. The molecule has 3 rings (SSSR count). The van der Waals surface area contributed by atoms with E-state index >= 15 is 0 Å². The van der Waals surface area contributed by atoms with E-state index in [2.05, 4.69) is 33.2 Å². The van der Waals surface area contributed by atoms with Crippen LogP contribution in [-0.2, 0) is 6.54 Å². The first kappa shape index (κ1) is 13.7. The lowest BCUT2D eigenvalue weighted by Gasteiger charge is -2.21. The van der Waals surface area contributed by atoms with E-state index in [9.17, 15) is 0 Å². The van der Waals surface area contributed by atoms with E-state index in [-0.39, 0.29) is 0 Å². The first-order valence-electron chi connectivity index (χ1n) is 7.31. The maximum absolute atomic E-state index is 6.12. The van der Waals surface area contributed by atoms with Gasteiger partial charge in [-0.25, -0.2) is 4.68 Å². The molecular formula is C16H20BrN3. The molecule has 0 atom stereocenters. The number of rotatable bonds is 3. The van der Waals surface area contributed by atoms with Crippen LogP contribution in [0.5, 0.6) is 0 Å². The van der Waals surface area contributed by atoms with Crippen LogP contribution < -0.4 is 5.73 Å². The van der Waals surface area contributed by atoms with Crippen LogP contribution in [-0.4, -0.2) is 9.78 Å². The Labute approximate surface area is 128 Å². The Morgan fingerprint density at radius 3 is 2.75 bits per heavy atom. The van der Waals surface area contributed by atoms with Gasteiger partial charge in [0.15, 0.2) is 0 Å². The second-order valence-corrected chi connectivity index (χ2v) is 6.57. The van der Waals surface area contributed by atoms with E-state index in [1.807, 2.05) is 22.9 Å². The zero-order valence-electron chi connectivity index (χ0n) is 11.6. The lowest BCUT2D eigenvalue weighted by molar-refractivity contribution is 0.310. The monoisotopic (exact) mass is 333 g/mol. The van der Waals surface area contributed by atoms with Crippen LogP contribution in [0.25, 0.3) is 11.3 Å². The lowest BCUT2D eigenvalue weighted by atomic mass is 9.89. The fourth-order valence-electron chi connectivity index (χ4n) is 2.98. The number of nitrogen functional groups attached to an aromatic ring is 1. The number of nitrogens with zero attached hydrogens (tertiary/aromatic N) is 2. The molecule has 106 valence electrons. The standard InChI is InChI=1S/C16H20BrN3/c17-14-8-4-7-13(9-14)15-10-16(18)20(19-15)11-12-5-2-1-3-6-12/h4,7-10,12H,1-3,5-6,11,18H2. The summed E-state index contributed by atoms with van der Waals surface area (Å²) in [4.78, 5) is 0. The molecule has 0 spiro atoms. The van der Waals surface area contributed by atoms with Gasteiger partial charge in [-0.1, -0.05) is 47.3 Å². The molecule has 0 saturated heterocycles. The van der Waals surface area contributed by atoms with Gasteiger partial charge in [-0.2, -0.15) is 5.10 Å². The van der Waals surface area contributed by atoms with Gasteiger partial charge in [0, 0.05) is 22.6 Å². The van der Waals surface area contributed by atoms with Gasteiger partial charge in [-0.05, 0) is 30.9 Å². The van der Waals surface area contributed by atoms with Crippen molar-refractivity contribution in [3.8, 4) is 11.3 Å². The SMILES string of the molecule is Nc1cc(-c2cccc(Br)c2)nn1CC1CCCCC1. The zero-order chi connectivity index (χ0) is 13.9. The van der Waals surface area contributed by atoms with E-state index < -0.39 is 0 Å². The summed E-state index contributed by atoms with van der Waals surface area (Å²) in [7, 11) is 0. The van der Waals surface area contributed by atoms with Crippen molar-refractivity contribution >= 4 is 21.7 Å². The van der Waals surface area contributed by atoms with Crippen LogP contribution in [0, 0.1) is 5.92 Å². The molecule has 2 N–H and O–H groups in total. The fraction of sp³-hybridized carbons (Fsp3) is 0.438. The minimum atomic E-state index is 0.737. The zero-order valence-corrected chi connectivity index (χ0v) is 13.1. The molecule has 2 aromatic rings. The Hall–Kier alpha value is -1.29. The van der Waals surface area contributed by atoms with Crippen molar-refractivity contribution in [2.45, 2.75) is 38.6 Å². The van der Waals surface area contributed by atoms with Crippen molar-refractivity contribution in [2.75, 3.05) is 5.73 Å². The van der Waals surface area contributed by atoms with Gasteiger partial charge < -0.3 is 5.73 Å². The van der Waals surface area contributed by atoms with Gasteiger partial charge in [0.2, 0.25) is 0 Å². The molecule has 1 fully saturated rings. The van der Waals surface area contributed by atoms with Crippen LogP contribution in [0.4, 0.5) is 5.82 Å². The Balaban J connectivity index is 1.80. The molecule has 4 heteroatoms. The van der Waals surface area contributed by atoms with Gasteiger partial charge in [-0.15, -0.1) is 0 Å². The molecule has 1 aliphatic rings. The van der Waals surface area contributed by atoms with Gasteiger partial charge in [0.25, 0.3) is 0 Å². The molecule has 20 heavy (non-hydrogen) atoms. The van der Waals surface area contributed by atoms with E-state index in [1.165, 1.54) is 32.1 Å². The number of anilines is 1. The molecule has 1 aromatic carbocycles. The summed E-state index contributed by atoms with van der Waals surface area (Å²) in [5.41, 5.74) is 8.19. The molecule has 1 aromatic heterocycles. The third-order valence-corrected chi connectivity index (χ3v) is 4.58. The first-order chi connectivity index (χ1) is 9.72. The van der Waals surface area contributed by atoms with Crippen molar-refractivity contribution in [3.05, 3.63) is 34.8 Å². The molecule has 0 bridgehead atoms. The Morgan fingerprint density at radius 1 is 1.20 bits per heavy atom. The summed E-state index contributed by atoms with van der Waals surface area (Å²) in [5, 5.41) is 4.69. The number of nitrogens with two attached hydrogens (primary N) is 1. The Bertz CT molecular complexity index is 585. The Kier molecular flexibility index (Phi) is 4.10. The predicted octanol–water partition coefficient (Wildman–Crippen LogP) is 4.48. The average molecular weight is 334 g/mol. The lowest BCUT2D eigenvalue weighted by Crippen LogP contribution is -2.16. The highest BCUT2D eigenvalue weighted by atomic mass is 79.9. The maximum Gasteiger partial charge on any atom is 0.122 e. The average Bonchev–Trinajstić information content (AvgIpc) is 2.81. The van der Waals surface area contributed by atoms with Crippen molar-refractivity contribution < 1.29 is 0 Å². The molecule has 1 heterocycles. The van der Waals surface area contributed by atoms with Crippen LogP contribution in [0.3, 0.4) is 0 Å². The highest BCUT2D eigenvalue weighted by Crippen LogP contribution is 2.28. The first-order valence-corrected chi connectivity index (χ1v) is 8.11. The largest absolute Gasteiger partial charge is 0.384 e. The molecule has 1 saturated carbocycles. The molecule has 3 nitrogen and oxygen atoms in total.